The molecule has 1 aromatic rings. The van der Waals surface area contributed by atoms with Gasteiger partial charge < -0.3 is 6.53 Å². The van der Waals surface area contributed by atoms with E-state index >= 15 is 0 Å². The third kappa shape index (κ3) is 3.64. The molecule has 1 aromatic carbocycles. The number of aryl methyl sites for hydroxylation is 1. The molecule has 0 aliphatic heterocycles. The summed E-state index contributed by atoms with van der Waals surface area (Å²) in [6.45, 7) is 7.71. The van der Waals surface area contributed by atoms with Crippen molar-refractivity contribution in [2.75, 3.05) is 0 Å². The van der Waals surface area contributed by atoms with Crippen LogP contribution in [0.25, 0.3) is 0 Å². The number of fused-ring (bicyclic) bond motifs is 3. The Morgan fingerprint density at radius 2 is 1.89 bits per heavy atom. The summed E-state index contributed by atoms with van der Waals surface area (Å²) in [5, 5.41) is 9.86. The van der Waals surface area contributed by atoms with Gasteiger partial charge in [0.2, 0.25) is 0 Å². The Morgan fingerprint density at radius 3 is 2.41 bits per heavy atom. The average Bonchev–Trinajstić information content (AvgIpc) is 2.52. The summed E-state index contributed by atoms with van der Waals surface area (Å²) in [6, 6.07) is 3.54. The minimum atomic E-state index is -4.34. The Bertz CT molecular complexity index is 870. The number of carboxylic acids is 1. The maximum atomic E-state index is 12.0. The fourth-order valence-electron chi connectivity index (χ4n) is 5.45. The molecule has 0 spiro atoms. The van der Waals surface area contributed by atoms with Gasteiger partial charge in [-0.25, -0.2) is 0 Å². The van der Waals surface area contributed by atoms with Gasteiger partial charge in [0, 0.05) is 0 Å². The molecular weight excluding hydrogens is 375 g/mol. The Balaban J connectivity index is 0.00000196. The van der Waals surface area contributed by atoms with Crippen molar-refractivity contribution in [3.63, 3.8) is 0 Å². The van der Waals surface area contributed by atoms with Crippen LogP contribution < -0.4 is 29.6 Å². The van der Waals surface area contributed by atoms with Gasteiger partial charge in [0.1, 0.15) is 0 Å². The van der Waals surface area contributed by atoms with E-state index in [0.717, 1.165) is 36.8 Å². The fraction of sp³-hybridized carbons (Fsp3) is 0.650. The Hall–Kier alpha value is -0.400. The van der Waals surface area contributed by atoms with Crippen molar-refractivity contribution in [3.05, 3.63) is 28.8 Å². The van der Waals surface area contributed by atoms with Crippen molar-refractivity contribution in [2.45, 2.75) is 76.0 Å². The van der Waals surface area contributed by atoms with E-state index in [4.69, 9.17) is 0 Å². The normalized spacial score (nSPS) is 30.2. The molecule has 1 saturated carbocycles. The Kier molecular flexibility index (Phi) is 6.31. The second-order valence-corrected chi connectivity index (χ2v) is 10.2. The van der Waals surface area contributed by atoms with Gasteiger partial charge >= 0.3 is 35.5 Å². The van der Waals surface area contributed by atoms with Gasteiger partial charge in [0.15, 0.2) is 0 Å². The van der Waals surface area contributed by atoms with Crippen LogP contribution in [0.1, 0.15) is 77.4 Å². The molecule has 0 radical (unpaired) electrons. The standard InChI is InChI=1S/C20H28O5S.Na.H/c1-12(2)14-10-13-6-7-17-19(3,8-5-9-20(17,4)18(21)22)15(13)11-16(14)26(23,24)25;;/h10-12,17H,5-9H2,1-4H3,(H,21,22)(H,23,24,25);;/q;+1;-1/t17-,19-,20-;;/m1../s1. The fourth-order valence-corrected chi connectivity index (χ4v) is 6.31. The minimum Gasteiger partial charge on any atom is -1.00 e. The van der Waals surface area contributed by atoms with Crippen LogP contribution in [0.4, 0.5) is 0 Å². The molecule has 3 rings (SSSR count). The largest absolute Gasteiger partial charge is 1.00 e. The third-order valence-electron chi connectivity index (χ3n) is 6.87. The maximum Gasteiger partial charge on any atom is 1.00 e. The quantitative estimate of drug-likeness (QED) is 0.585. The number of aliphatic carboxylic acids is 1. The van der Waals surface area contributed by atoms with E-state index in [-0.39, 0.29) is 47.7 Å². The van der Waals surface area contributed by atoms with Crippen molar-refractivity contribution in [1.82, 2.24) is 0 Å². The Labute approximate surface area is 185 Å². The molecule has 7 heteroatoms. The molecule has 5 nitrogen and oxygen atoms in total. The summed E-state index contributed by atoms with van der Waals surface area (Å²) < 4.78 is 33.8. The van der Waals surface area contributed by atoms with Gasteiger partial charge in [-0.2, -0.15) is 8.42 Å². The topological polar surface area (TPSA) is 91.7 Å². The molecule has 0 bridgehead atoms. The molecule has 0 heterocycles. The molecular formula is C20H29NaO5S. The first-order valence-electron chi connectivity index (χ1n) is 9.29. The number of carboxylic acid groups (broad SMARTS) is 1. The molecule has 2 N–H and O–H groups in total. The van der Waals surface area contributed by atoms with Crippen LogP contribution in [0.5, 0.6) is 0 Å². The van der Waals surface area contributed by atoms with Crippen molar-refractivity contribution in [1.29, 1.82) is 0 Å². The van der Waals surface area contributed by atoms with E-state index in [9.17, 15) is 22.9 Å². The molecule has 0 saturated heterocycles. The van der Waals surface area contributed by atoms with Crippen LogP contribution in [0.2, 0.25) is 0 Å². The number of benzene rings is 1. The molecule has 146 valence electrons. The van der Waals surface area contributed by atoms with E-state index in [1.807, 2.05) is 26.8 Å². The van der Waals surface area contributed by atoms with Gasteiger partial charge in [-0.05, 0) is 72.6 Å². The molecule has 0 amide bonds. The predicted octanol–water partition coefficient (Wildman–Crippen LogP) is 1.27. The van der Waals surface area contributed by atoms with Crippen LogP contribution in [-0.4, -0.2) is 24.0 Å². The summed E-state index contributed by atoms with van der Waals surface area (Å²) in [5.41, 5.74) is 1.42. The molecule has 2 aliphatic carbocycles. The number of carbonyl (C=O) groups is 1. The van der Waals surface area contributed by atoms with E-state index in [1.54, 1.807) is 6.07 Å². The molecule has 3 atom stereocenters. The molecule has 0 aromatic heterocycles. The third-order valence-corrected chi connectivity index (χ3v) is 7.78. The van der Waals surface area contributed by atoms with Crippen LogP contribution >= 0.6 is 0 Å². The smallest absolute Gasteiger partial charge is 1.00 e. The molecule has 0 unspecified atom stereocenters. The van der Waals surface area contributed by atoms with Crippen molar-refractivity contribution < 1.29 is 53.9 Å². The summed E-state index contributed by atoms with van der Waals surface area (Å²) in [7, 11) is -4.34. The zero-order valence-corrected chi connectivity index (χ0v) is 19.7. The van der Waals surface area contributed by atoms with Crippen LogP contribution in [-0.2, 0) is 26.7 Å². The van der Waals surface area contributed by atoms with Gasteiger partial charge in [0.05, 0.1) is 10.3 Å². The number of hydrogen-bond donors (Lipinski definition) is 2. The molecule has 2 aliphatic rings. The van der Waals surface area contributed by atoms with Crippen LogP contribution in [0.3, 0.4) is 0 Å². The summed E-state index contributed by atoms with van der Waals surface area (Å²) >= 11 is 0. The first-order chi connectivity index (χ1) is 11.9. The summed E-state index contributed by atoms with van der Waals surface area (Å²) in [6.07, 6.45) is 3.80. The second-order valence-electron chi connectivity index (χ2n) is 8.76. The average molecular weight is 405 g/mol. The van der Waals surface area contributed by atoms with Gasteiger partial charge in [-0.1, -0.05) is 33.3 Å². The minimum absolute atomic E-state index is 0. The Morgan fingerprint density at radius 1 is 1.26 bits per heavy atom. The zero-order chi connectivity index (χ0) is 19.5. The zero-order valence-electron chi connectivity index (χ0n) is 17.9. The van der Waals surface area contributed by atoms with Gasteiger partial charge in [-0.15, -0.1) is 0 Å². The van der Waals surface area contributed by atoms with E-state index in [1.165, 1.54) is 0 Å². The van der Waals surface area contributed by atoms with Crippen LogP contribution in [0.15, 0.2) is 17.0 Å². The SMILES string of the molecule is CC(C)c1cc2c(cc1S(=O)(=O)O)[C@@]1(C)CCC[C@@](C)(C(=O)O)[C@@H]1CC2.[H-].[Na+]. The summed E-state index contributed by atoms with van der Waals surface area (Å²) in [5.74, 6) is -0.850. The second kappa shape index (κ2) is 7.45. The predicted molar refractivity (Wildman–Crippen MR) is 100 cm³/mol. The summed E-state index contributed by atoms with van der Waals surface area (Å²) in [4.78, 5) is 12.0. The van der Waals surface area contributed by atoms with Crippen LogP contribution in [0, 0.1) is 11.3 Å². The van der Waals surface area contributed by atoms with E-state index in [0.29, 0.717) is 12.0 Å². The van der Waals surface area contributed by atoms with Crippen molar-refractivity contribution in [3.8, 4) is 0 Å². The monoisotopic (exact) mass is 404 g/mol. The molecule has 1 fully saturated rings. The molecule has 27 heavy (non-hydrogen) atoms. The van der Waals surface area contributed by atoms with Gasteiger partial charge in [-0.3, -0.25) is 9.35 Å². The first-order valence-corrected chi connectivity index (χ1v) is 10.7. The van der Waals surface area contributed by atoms with E-state index < -0.39 is 26.9 Å². The maximum absolute atomic E-state index is 12.0. The van der Waals surface area contributed by atoms with Gasteiger partial charge in [0.25, 0.3) is 10.1 Å². The number of hydrogen-bond acceptors (Lipinski definition) is 3. The van der Waals surface area contributed by atoms with Crippen molar-refractivity contribution in [2.24, 2.45) is 11.3 Å². The van der Waals surface area contributed by atoms with E-state index in [2.05, 4.69) is 6.92 Å². The first kappa shape index (κ1) is 22.9. The van der Waals surface area contributed by atoms with Crippen molar-refractivity contribution >= 4 is 16.1 Å². The number of rotatable bonds is 3.